The molecule has 49 heavy (non-hydrogen) atoms. The van der Waals surface area contributed by atoms with Crippen molar-refractivity contribution in [2.24, 2.45) is 11.8 Å². The molecule has 2 aromatic heterocycles. The summed E-state index contributed by atoms with van der Waals surface area (Å²) in [4.78, 5) is 38.9. The van der Waals surface area contributed by atoms with Gasteiger partial charge in [0.2, 0.25) is 10.0 Å². The molecule has 0 radical (unpaired) electrons. The number of aromatic nitrogens is 2. The van der Waals surface area contributed by atoms with Crippen LogP contribution in [0.4, 0.5) is 0 Å². The van der Waals surface area contributed by atoms with Crippen molar-refractivity contribution >= 4 is 33.1 Å². The minimum atomic E-state index is -3.91. The Labute approximate surface area is 294 Å². The van der Waals surface area contributed by atoms with Gasteiger partial charge in [-0.1, -0.05) is 61.9 Å². The van der Waals surface area contributed by atoms with E-state index in [1.165, 1.54) is 4.31 Å². The molecule has 1 aliphatic rings. The molecule has 260 valence electrons. The highest BCUT2D eigenvalue weighted by Gasteiger charge is 2.35. The van der Waals surface area contributed by atoms with Crippen molar-refractivity contribution < 1.29 is 23.1 Å². The van der Waals surface area contributed by atoms with Gasteiger partial charge < -0.3 is 10.0 Å². The predicted octanol–water partition coefficient (Wildman–Crippen LogP) is 6.58. The summed E-state index contributed by atoms with van der Waals surface area (Å²) in [6.07, 6.45) is 0.867. The van der Waals surface area contributed by atoms with E-state index >= 15 is 0 Å². The van der Waals surface area contributed by atoms with Gasteiger partial charge in [-0.05, 0) is 81.7 Å². The van der Waals surface area contributed by atoms with Crippen molar-refractivity contribution in [3.8, 4) is 0 Å². The lowest BCUT2D eigenvalue weighted by atomic mass is 9.87. The summed E-state index contributed by atoms with van der Waals surface area (Å²) >= 11 is 1.55. The van der Waals surface area contributed by atoms with E-state index in [0.29, 0.717) is 24.2 Å². The predicted molar refractivity (Wildman–Crippen MR) is 192 cm³/mol. The van der Waals surface area contributed by atoms with Crippen molar-refractivity contribution in [2.75, 3.05) is 19.6 Å². The van der Waals surface area contributed by atoms with E-state index in [9.17, 15) is 23.1 Å². The minimum Gasteiger partial charge on any atom is -0.391 e. The topological polar surface area (TPSA) is 121 Å². The number of carbonyl (C=O) groups excluding carboxylic acids is 2. The van der Waals surface area contributed by atoms with Crippen molar-refractivity contribution in [3.63, 3.8) is 0 Å². The molecule has 3 atom stereocenters. The average Bonchev–Trinajstić information content (AvgIpc) is 3.73. The van der Waals surface area contributed by atoms with Gasteiger partial charge >= 0.3 is 0 Å². The van der Waals surface area contributed by atoms with Crippen LogP contribution < -0.4 is 0 Å². The quantitative estimate of drug-likeness (QED) is 0.147. The number of amides is 1. The van der Waals surface area contributed by atoms with Crippen LogP contribution >= 0.6 is 11.3 Å². The molecule has 1 saturated heterocycles. The molecule has 0 bridgehead atoms. The van der Waals surface area contributed by atoms with Crippen LogP contribution in [0.5, 0.6) is 0 Å². The normalized spacial score (nSPS) is 16.3. The maximum Gasteiger partial charge on any atom is 0.273 e. The Balaban J connectivity index is 1.40. The molecule has 2 aromatic carbocycles. The second-order valence-electron chi connectivity index (χ2n) is 13.5. The van der Waals surface area contributed by atoms with Gasteiger partial charge in [0, 0.05) is 48.4 Å². The summed E-state index contributed by atoms with van der Waals surface area (Å²) in [5.74, 6) is -1.07. The third kappa shape index (κ3) is 9.08. The van der Waals surface area contributed by atoms with Crippen molar-refractivity contribution in [3.05, 3.63) is 111 Å². The Morgan fingerprint density at radius 2 is 1.69 bits per heavy atom. The van der Waals surface area contributed by atoms with Gasteiger partial charge in [0.1, 0.15) is 10.7 Å². The van der Waals surface area contributed by atoms with Crippen LogP contribution in [0.2, 0.25) is 0 Å². The number of ketones is 1. The second-order valence-corrected chi connectivity index (χ2v) is 16.4. The smallest absolute Gasteiger partial charge is 0.273 e. The summed E-state index contributed by atoms with van der Waals surface area (Å²) < 4.78 is 28.9. The second kappa shape index (κ2) is 15.8. The Kier molecular flexibility index (Phi) is 11.8. The molecule has 5 rings (SSSR count). The van der Waals surface area contributed by atoms with Gasteiger partial charge in [-0.15, -0.1) is 11.3 Å². The first-order valence-electron chi connectivity index (χ1n) is 16.9. The zero-order valence-electron chi connectivity index (χ0n) is 28.9. The number of likely N-dealkylation sites (tertiary alicyclic amines) is 1. The van der Waals surface area contributed by atoms with Crippen molar-refractivity contribution in [1.82, 2.24) is 19.2 Å². The first kappa shape index (κ1) is 36.5. The molecule has 0 aliphatic carbocycles. The van der Waals surface area contributed by atoms with E-state index in [4.69, 9.17) is 0 Å². The Morgan fingerprint density at radius 3 is 2.35 bits per heavy atom. The highest BCUT2D eigenvalue weighted by Crippen LogP contribution is 2.35. The van der Waals surface area contributed by atoms with Crippen LogP contribution in [-0.4, -0.2) is 70.1 Å². The number of sulfonamides is 1. The fourth-order valence-electron chi connectivity index (χ4n) is 6.39. The summed E-state index contributed by atoms with van der Waals surface area (Å²) in [6, 6.07) is 19.4. The molecular formula is C38H46N4O5S2. The van der Waals surface area contributed by atoms with Gasteiger partial charge in [-0.3, -0.25) is 9.59 Å². The molecule has 0 spiro atoms. The number of aliphatic hydroxyl groups excluding tert-OH is 1. The summed E-state index contributed by atoms with van der Waals surface area (Å²) in [7, 11) is -3.91. The van der Waals surface area contributed by atoms with Crippen LogP contribution in [0, 0.1) is 32.6 Å². The fourth-order valence-corrected chi connectivity index (χ4v) is 8.95. The zero-order valence-corrected chi connectivity index (χ0v) is 30.5. The molecular weight excluding hydrogens is 657 g/mol. The van der Waals surface area contributed by atoms with E-state index in [1.807, 2.05) is 63.4 Å². The number of pyridine rings is 1. The van der Waals surface area contributed by atoms with Crippen molar-refractivity contribution in [1.29, 1.82) is 0 Å². The van der Waals surface area contributed by atoms with E-state index < -0.39 is 22.0 Å². The Bertz CT molecular complexity index is 1860. The number of hydrogen-bond donors (Lipinski definition) is 1. The lowest BCUT2D eigenvalue weighted by Gasteiger charge is -2.30. The van der Waals surface area contributed by atoms with Crippen LogP contribution in [0.1, 0.15) is 87.5 Å². The molecule has 1 fully saturated rings. The van der Waals surface area contributed by atoms with E-state index in [2.05, 4.69) is 9.97 Å². The molecule has 1 N–H and O–H groups in total. The first-order chi connectivity index (χ1) is 23.3. The minimum absolute atomic E-state index is 0.00667. The lowest BCUT2D eigenvalue weighted by Crippen LogP contribution is -2.43. The largest absolute Gasteiger partial charge is 0.391 e. The third-order valence-electron chi connectivity index (χ3n) is 8.88. The third-order valence-corrected chi connectivity index (χ3v) is 11.8. The first-order valence-corrected chi connectivity index (χ1v) is 19.2. The molecule has 1 unspecified atom stereocenters. The van der Waals surface area contributed by atoms with Crippen LogP contribution in [0.25, 0.3) is 0 Å². The molecule has 9 nitrogen and oxygen atoms in total. The summed E-state index contributed by atoms with van der Waals surface area (Å²) in [6.45, 7) is 10.1. The van der Waals surface area contributed by atoms with E-state index in [-0.39, 0.29) is 53.7 Å². The summed E-state index contributed by atoms with van der Waals surface area (Å²) in [5.41, 5.74) is 3.89. The van der Waals surface area contributed by atoms with Crippen LogP contribution in [-0.2, 0) is 16.4 Å². The summed E-state index contributed by atoms with van der Waals surface area (Å²) in [5, 5.41) is 14.6. The van der Waals surface area contributed by atoms with Gasteiger partial charge in [0.15, 0.2) is 5.78 Å². The van der Waals surface area contributed by atoms with Crippen molar-refractivity contribution in [2.45, 2.75) is 77.3 Å². The van der Waals surface area contributed by atoms with Crippen LogP contribution in [0.3, 0.4) is 0 Å². The molecule has 4 aromatic rings. The highest BCUT2D eigenvalue weighted by molar-refractivity contribution is 7.89. The molecule has 0 saturated carbocycles. The van der Waals surface area contributed by atoms with E-state index in [0.717, 1.165) is 34.7 Å². The van der Waals surface area contributed by atoms with E-state index in [1.54, 1.807) is 59.6 Å². The SMILES string of the molecule is Cc1ccc(S(=O)(=O)N(CC(C)C)C[C@@H](O)[C@@H](CC(=O)c2cc(C)nc(C(=O)N3CCCC3c3nc(C)cs3)c2)Cc2ccccc2)cc1. The van der Waals surface area contributed by atoms with Crippen LogP contribution in [0.15, 0.2) is 77.0 Å². The Hall–Kier alpha value is -3.77. The van der Waals surface area contributed by atoms with Gasteiger partial charge in [0.25, 0.3) is 5.91 Å². The zero-order chi connectivity index (χ0) is 35.3. The van der Waals surface area contributed by atoms with Gasteiger partial charge in [-0.2, -0.15) is 4.31 Å². The molecule has 1 aliphatic heterocycles. The average molecular weight is 703 g/mol. The number of benzene rings is 2. The molecule has 3 heterocycles. The molecule has 1 amide bonds. The fraction of sp³-hybridized carbons (Fsp3) is 0.421. The number of Topliss-reactive ketones (excluding diaryl/α,β-unsaturated/α-hetero) is 1. The Morgan fingerprint density at radius 1 is 0.980 bits per heavy atom. The number of thiazole rings is 1. The maximum atomic E-state index is 14.0. The number of hydrogen-bond acceptors (Lipinski definition) is 8. The lowest BCUT2D eigenvalue weighted by molar-refractivity contribution is 0.0689. The van der Waals surface area contributed by atoms with Gasteiger partial charge in [0.05, 0.1) is 17.0 Å². The molecule has 11 heteroatoms. The maximum absolute atomic E-state index is 14.0. The number of carbonyl (C=O) groups is 2. The number of rotatable bonds is 14. The standard InChI is InChI=1S/C38H46N4O5S2/c1-25(2)22-41(49(46,47)32-15-13-26(3)14-16-32)23-36(44)31(19-29-10-7-6-8-11-29)21-35(43)30-18-27(4)39-33(20-30)38(45)42-17-9-12-34(42)37-40-28(5)24-48-37/h6-8,10-11,13-16,18,20,24-25,31,34,36,44H,9,12,17,19,21-23H2,1-5H3/t31-,34?,36-/m1/s1. The van der Waals surface area contributed by atoms with Gasteiger partial charge in [-0.25, -0.2) is 18.4 Å². The number of nitrogens with zero attached hydrogens (tertiary/aromatic N) is 4. The monoisotopic (exact) mass is 702 g/mol. The number of aliphatic hydroxyl groups is 1. The highest BCUT2D eigenvalue weighted by atomic mass is 32.2. The number of aryl methyl sites for hydroxylation is 3.